The predicted molar refractivity (Wildman–Crippen MR) is 97.1 cm³/mol. The molecule has 0 fully saturated rings. The number of amides is 1. The fourth-order valence-electron chi connectivity index (χ4n) is 1.95. The number of rotatable bonds is 5. The largest absolute Gasteiger partial charge is 0.493 e. The minimum absolute atomic E-state index is 0.176. The molecule has 0 bridgehead atoms. The van der Waals surface area contributed by atoms with Crippen LogP contribution in [0.3, 0.4) is 0 Å². The molecule has 2 aromatic rings. The van der Waals surface area contributed by atoms with Gasteiger partial charge in [-0.1, -0.05) is 19.1 Å². The zero-order valence-corrected chi connectivity index (χ0v) is 14.0. The molecular weight excluding hydrogens is 322 g/mol. The van der Waals surface area contributed by atoms with Gasteiger partial charge in [-0.25, -0.2) is 0 Å². The molecule has 2 N–H and O–H groups in total. The van der Waals surface area contributed by atoms with E-state index in [0.29, 0.717) is 29.2 Å². The highest BCUT2D eigenvalue weighted by Gasteiger charge is 2.13. The average Bonchev–Trinajstić information content (AvgIpc) is 2.60. The number of para-hydroxylation sites is 1. The van der Waals surface area contributed by atoms with Crippen LogP contribution in [0, 0.1) is 11.3 Å². The smallest absolute Gasteiger partial charge is 0.261 e. The van der Waals surface area contributed by atoms with Crippen molar-refractivity contribution in [2.24, 2.45) is 0 Å². The Kier molecular flexibility index (Phi) is 6.29. The van der Waals surface area contributed by atoms with Crippen molar-refractivity contribution < 1.29 is 9.53 Å². The molecule has 0 aliphatic heterocycles. The second-order valence-electron chi connectivity index (χ2n) is 4.94. The number of hydrogen-bond acceptors (Lipinski definition) is 4. The summed E-state index contributed by atoms with van der Waals surface area (Å²) in [5.74, 6) is 0.186. The molecule has 122 valence electrons. The Morgan fingerprint density at radius 3 is 2.58 bits per heavy atom. The summed E-state index contributed by atoms with van der Waals surface area (Å²) in [6, 6.07) is 15.8. The lowest BCUT2D eigenvalue weighted by Gasteiger charge is -2.12. The molecule has 0 spiro atoms. The number of ether oxygens (including phenoxy) is 1. The van der Waals surface area contributed by atoms with Crippen molar-refractivity contribution in [2.45, 2.75) is 13.3 Å². The first-order chi connectivity index (χ1) is 11.6. The number of nitrogens with one attached hydrogen (secondary N) is 2. The van der Waals surface area contributed by atoms with Gasteiger partial charge < -0.3 is 10.1 Å². The molecule has 0 saturated heterocycles. The molecule has 6 heteroatoms. The Morgan fingerprint density at radius 1 is 1.21 bits per heavy atom. The van der Waals surface area contributed by atoms with Crippen LogP contribution in [0.25, 0.3) is 0 Å². The number of nitriles is 1. The van der Waals surface area contributed by atoms with Crippen molar-refractivity contribution >= 4 is 28.9 Å². The van der Waals surface area contributed by atoms with E-state index in [4.69, 9.17) is 22.2 Å². The van der Waals surface area contributed by atoms with Crippen LogP contribution in [0.2, 0.25) is 0 Å². The van der Waals surface area contributed by atoms with Gasteiger partial charge in [-0.05, 0) is 55.0 Å². The minimum Gasteiger partial charge on any atom is -0.493 e. The predicted octanol–water partition coefficient (Wildman–Crippen LogP) is 3.47. The first-order valence-corrected chi connectivity index (χ1v) is 7.89. The third kappa shape index (κ3) is 4.80. The van der Waals surface area contributed by atoms with E-state index >= 15 is 0 Å². The van der Waals surface area contributed by atoms with E-state index in [-0.39, 0.29) is 11.0 Å². The maximum Gasteiger partial charge on any atom is 0.261 e. The van der Waals surface area contributed by atoms with Crippen LogP contribution >= 0.6 is 12.2 Å². The van der Waals surface area contributed by atoms with E-state index in [0.717, 1.165) is 6.42 Å². The summed E-state index contributed by atoms with van der Waals surface area (Å²) in [5.41, 5.74) is 1.67. The number of anilines is 1. The second-order valence-corrected chi connectivity index (χ2v) is 5.35. The molecule has 0 saturated carbocycles. The molecular formula is C18H17N3O2S. The van der Waals surface area contributed by atoms with Crippen LogP contribution in [0.1, 0.15) is 29.3 Å². The maximum atomic E-state index is 12.4. The Balaban J connectivity index is 2.01. The van der Waals surface area contributed by atoms with E-state index in [1.54, 1.807) is 42.5 Å². The lowest BCUT2D eigenvalue weighted by Crippen LogP contribution is -2.34. The molecule has 24 heavy (non-hydrogen) atoms. The van der Waals surface area contributed by atoms with Gasteiger partial charge in [0, 0.05) is 5.69 Å². The molecule has 5 nitrogen and oxygen atoms in total. The van der Waals surface area contributed by atoms with Gasteiger partial charge >= 0.3 is 0 Å². The number of carbonyl (C=O) groups is 1. The zero-order valence-electron chi connectivity index (χ0n) is 13.2. The molecule has 2 aromatic carbocycles. The van der Waals surface area contributed by atoms with Gasteiger partial charge in [0.2, 0.25) is 0 Å². The van der Waals surface area contributed by atoms with Gasteiger partial charge in [-0.15, -0.1) is 0 Å². The maximum absolute atomic E-state index is 12.4. The molecule has 0 aliphatic carbocycles. The number of nitrogens with zero attached hydrogens (tertiary/aromatic N) is 1. The van der Waals surface area contributed by atoms with Crippen LogP contribution in [-0.4, -0.2) is 17.6 Å². The molecule has 1 amide bonds. The average molecular weight is 339 g/mol. The normalized spacial score (nSPS) is 9.67. The van der Waals surface area contributed by atoms with Gasteiger partial charge in [-0.2, -0.15) is 5.26 Å². The number of carbonyl (C=O) groups excluding carboxylic acids is 1. The van der Waals surface area contributed by atoms with Crippen LogP contribution in [0.5, 0.6) is 5.75 Å². The lowest BCUT2D eigenvalue weighted by atomic mass is 10.2. The summed E-state index contributed by atoms with van der Waals surface area (Å²) in [4.78, 5) is 12.4. The summed E-state index contributed by atoms with van der Waals surface area (Å²) in [5, 5.41) is 14.5. The monoisotopic (exact) mass is 339 g/mol. The summed E-state index contributed by atoms with van der Waals surface area (Å²) in [6.07, 6.45) is 0.856. The van der Waals surface area contributed by atoms with Crippen LogP contribution < -0.4 is 15.4 Å². The quantitative estimate of drug-likeness (QED) is 0.816. The number of thiocarbonyl (C=S) groups is 1. The van der Waals surface area contributed by atoms with Crippen molar-refractivity contribution in [3.8, 4) is 11.8 Å². The van der Waals surface area contributed by atoms with E-state index in [1.165, 1.54) is 0 Å². The van der Waals surface area contributed by atoms with Crippen molar-refractivity contribution in [1.82, 2.24) is 5.32 Å². The van der Waals surface area contributed by atoms with Crippen molar-refractivity contribution in [3.63, 3.8) is 0 Å². The highest BCUT2D eigenvalue weighted by molar-refractivity contribution is 7.80. The Hall–Kier alpha value is -2.91. The summed E-state index contributed by atoms with van der Waals surface area (Å²) in [7, 11) is 0. The summed E-state index contributed by atoms with van der Waals surface area (Å²) in [6.45, 7) is 2.54. The molecule has 0 atom stereocenters. The van der Waals surface area contributed by atoms with E-state index in [2.05, 4.69) is 10.6 Å². The molecule has 0 aromatic heterocycles. The van der Waals surface area contributed by atoms with Crippen molar-refractivity contribution in [1.29, 1.82) is 5.26 Å². The molecule has 0 heterocycles. The highest BCUT2D eigenvalue weighted by Crippen LogP contribution is 2.18. The highest BCUT2D eigenvalue weighted by atomic mass is 32.1. The molecule has 2 rings (SSSR count). The van der Waals surface area contributed by atoms with Crippen LogP contribution in [0.4, 0.5) is 5.69 Å². The SMILES string of the molecule is CCCOc1ccccc1C(=O)NC(=S)Nc1ccc(C#N)cc1. The van der Waals surface area contributed by atoms with Crippen LogP contribution in [-0.2, 0) is 0 Å². The van der Waals surface area contributed by atoms with E-state index in [9.17, 15) is 4.79 Å². The Labute approximate surface area is 146 Å². The van der Waals surface area contributed by atoms with Crippen molar-refractivity contribution in [2.75, 3.05) is 11.9 Å². The fourth-order valence-corrected chi connectivity index (χ4v) is 2.16. The Morgan fingerprint density at radius 2 is 1.92 bits per heavy atom. The topological polar surface area (TPSA) is 74.2 Å². The summed E-state index contributed by atoms with van der Waals surface area (Å²) >= 11 is 5.16. The molecule has 0 unspecified atom stereocenters. The van der Waals surface area contributed by atoms with E-state index < -0.39 is 0 Å². The standard InChI is InChI=1S/C18H17N3O2S/c1-2-11-23-16-6-4-3-5-15(16)17(22)21-18(24)20-14-9-7-13(12-19)8-10-14/h3-10H,2,11H2,1H3,(H2,20,21,22,24). The first kappa shape index (κ1) is 17.4. The van der Waals surface area contributed by atoms with Gasteiger partial charge in [0.15, 0.2) is 5.11 Å². The lowest BCUT2D eigenvalue weighted by molar-refractivity contribution is 0.0973. The van der Waals surface area contributed by atoms with Crippen LogP contribution in [0.15, 0.2) is 48.5 Å². The van der Waals surface area contributed by atoms with Gasteiger partial charge in [0.1, 0.15) is 5.75 Å². The number of hydrogen-bond donors (Lipinski definition) is 2. The summed E-state index contributed by atoms with van der Waals surface area (Å²) < 4.78 is 5.58. The number of benzene rings is 2. The zero-order chi connectivity index (χ0) is 17.4. The molecule has 0 radical (unpaired) electrons. The Bertz CT molecular complexity index is 767. The first-order valence-electron chi connectivity index (χ1n) is 7.48. The second kappa shape index (κ2) is 8.65. The van der Waals surface area contributed by atoms with E-state index in [1.807, 2.05) is 19.1 Å². The third-order valence-electron chi connectivity index (χ3n) is 3.09. The van der Waals surface area contributed by atoms with Gasteiger partial charge in [0.25, 0.3) is 5.91 Å². The minimum atomic E-state index is -0.340. The molecule has 0 aliphatic rings. The van der Waals surface area contributed by atoms with Gasteiger partial charge in [-0.3, -0.25) is 10.1 Å². The fraction of sp³-hybridized carbons (Fsp3) is 0.167. The van der Waals surface area contributed by atoms with Crippen molar-refractivity contribution in [3.05, 3.63) is 59.7 Å². The third-order valence-corrected chi connectivity index (χ3v) is 3.30. The van der Waals surface area contributed by atoms with Gasteiger partial charge in [0.05, 0.1) is 23.8 Å².